The molecule has 0 aliphatic heterocycles. The maximum atomic E-state index is 11.8. The molecule has 0 aromatic carbocycles. The number of aromatic nitrogens is 2. The van der Waals surface area contributed by atoms with Gasteiger partial charge in [-0.3, -0.25) is 4.68 Å². The molecule has 0 amide bonds. The molecule has 19 heavy (non-hydrogen) atoms. The predicted molar refractivity (Wildman–Crippen MR) is 71.9 cm³/mol. The predicted octanol–water partition coefficient (Wildman–Crippen LogP) is 0.969. The van der Waals surface area contributed by atoms with E-state index in [1.165, 1.54) is 0 Å². The molecule has 1 aromatic heterocycles. The van der Waals surface area contributed by atoms with Gasteiger partial charge in [0.15, 0.2) is 0 Å². The van der Waals surface area contributed by atoms with Crippen molar-refractivity contribution in [2.24, 2.45) is 13.0 Å². The molecule has 0 aliphatic rings. The van der Waals surface area contributed by atoms with Crippen molar-refractivity contribution in [2.75, 3.05) is 26.9 Å². The Hall–Kier alpha value is -1.40. The normalized spacial score (nSPS) is 12.4. The highest BCUT2D eigenvalue weighted by molar-refractivity contribution is 5.90. The van der Waals surface area contributed by atoms with Crippen LogP contribution in [0.4, 0.5) is 0 Å². The standard InChI is InChI=1S/C13H23N3O3/c1-5-19-13(17)11-7-15-16(3)12(11)8-14-6-10(2)9-18-4/h7,10,14H,5-6,8-9H2,1-4H3. The first kappa shape index (κ1) is 15.7. The molecular weight excluding hydrogens is 246 g/mol. The fourth-order valence-electron chi connectivity index (χ4n) is 1.83. The fourth-order valence-corrected chi connectivity index (χ4v) is 1.83. The maximum absolute atomic E-state index is 11.8. The van der Waals surface area contributed by atoms with E-state index < -0.39 is 0 Å². The van der Waals surface area contributed by atoms with Gasteiger partial charge >= 0.3 is 5.97 Å². The first-order chi connectivity index (χ1) is 9.10. The number of nitrogens with zero attached hydrogens (tertiary/aromatic N) is 2. The Bertz CT molecular complexity index is 404. The molecule has 0 radical (unpaired) electrons. The van der Waals surface area contributed by atoms with Crippen LogP contribution in [0.2, 0.25) is 0 Å². The van der Waals surface area contributed by atoms with Gasteiger partial charge in [-0.15, -0.1) is 0 Å². The molecule has 1 unspecified atom stereocenters. The van der Waals surface area contributed by atoms with E-state index in [0.29, 0.717) is 31.2 Å². The average Bonchev–Trinajstić information content (AvgIpc) is 2.72. The molecule has 6 heteroatoms. The summed E-state index contributed by atoms with van der Waals surface area (Å²) in [5.41, 5.74) is 1.36. The summed E-state index contributed by atoms with van der Waals surface area (Å²) in [5, 5.41) is 7.41. The Morgan fingerprint density at radius 1 is 1.58 bits per heavy atom. The third-order valence-corrected chi connectivity index (χ3v) is 2.79. The van der Waals surface area contributed by atoms with E-state index in [-0.39, 0.29) is 5.97 Å². The molecule has 0 saturated carbocycles. The molecule has 0 bridgehead atoms. The number of carbonyl (C=O) groups is 1. The molecular formula is C13H23N3O3. The molecule has 108 valence electrons. The van der Waals surface area contributed by atoms with Crippen LogP contribution in [0.3, 0.4) is 0 Å². The number of nitrogens with one attached hydrogen (secondary N) is 1. The largest absolute Gasteiger partial charge is 0.462 e. The summed E-state index contributed by atoms with van der Waals surface area (Å²) < 4.78 is 11.8. The lowest BCUT2D eigenvalue weighted by Crippen LogP contribution is -2.25. The van der Waals surface area contributed by atoms with Crippen LogP contribution in [-0.2, 0) is 23.1 Å². The van der Waals surface area contributed by atoms with Gasteiger partial charge in [-0.25, -0.2) is 4.79 Å². The Morgan fingerprint density at radius 2 is 2.32 bits per heavy atom. The molecule has 1 atom stereocenters. The Morgan fingerprint density at radius 3 is 2.95 bits per heavy atom. The number of methoxy groups -OCH3 is 1. The van der Waals surface area contributed by atoms with E-state index in [0.717, 1.165) is 12.2 Å². The van der Waals surface area contributed by atoms with Gasteiger partial charge in [0.1, 0.15) is 5.56 Å². The molecule has 1 rings (SSSR count). The van der Waals surface area contributed by atoms with Crippen molar-refractivity contribution in [3.8, 4) is 0 Å². The summed E-state index contributed by atoms with van der Waals surface area (Å²) in [4.78, 5) is 11.8. The van der Waals surface area contributed by atoms with E-state index in [9.17, 15) is 4.79 Å². The van der Waals surface area contributed by atoms with Crippen molar-refractivity contribution in [1.29, 1.82) is 0 Å². The minimum absolute atomic E-state index is 0.322. The van der Waals surface area contributed by atoms with Gasteiger partial charge in [-0.05, 0) is 12.8 Å². The lowest BCUT2D eigenvalue weighted by Gasteiger charge is -2.12. The number of esters is 1. The second-order valence-electron chi connectivity index (χ2n) is 4.54. The number of ether oxygens (including phenoxy) is 2. The first-order valence-electron chi connectivity index (χ1n) is 6.47. The van der Waals surface area contributed by atoms with Gasteiger partial charge in [-0.1, -0.05) is 6.92 Å². The minimum Gasteiger partial charge on any atom is -0.462 e. The average molecular weight is 269 g/mol. The highest BCUT2D eigenvalue weighted by atomic mass is 16.5. The van der Waals surface area contributed by atoms with Gasteiger partial charge in [0.2, 0.25) is 0 Å². The lowest BCUT2D eigenvalue weighted by molar-refractivity contribution is 0.0524. The number of carbonyl (C=O) groups excluding carboxylic acids is 1. The summed E-state index contributed by atoms with van der Waals surface area (Å²) >= 11 is 0. The van der Waals surface area contributed by atoms with E-state index in [1.807, 2.05) is 7.05 Å². The SMILES string of the molecule is CCOC(=O)c1cnn(C)c1CNCC(C)COC. The van der Waals surface area contributed by atoms with E-state index >= 15 is 0 Å². The fraction of sp³-hybridized carbons (Fsp3) is 0.692. The second kappa shape index (κ2) is 7.91. The third-order valence-electron chi connectivity index (χ3n) is 2.79. The highest BCUT2D eigenvalue weighted by Crippen LogP contribution is 2.09. The van der Waals surface area contributed by atoms with E-state index in [2.05, 4.69) is 17.3 Å². The van der Waals surface area contributed by atoms with Crippen LogP contribution < -0.4 is 5.32 Å². The molecule has 0 spiro atoms. The Balaban J connectivity index is 2.57. The zero-order chi connectivity index (χ0) is 14.3. The summed E-state index contributed by atoms with van der Waals surface area (Å²) in [5.74, 6) is 0.0987. The minimum atomic E-state index is -0.322. The van der Waals surface area contributed by atoms with E-state index in [1.54, 1.807) is 24.9 Å². The summed E-state index contributed by atoms with van der Waals surface area (Å²) in [6, 6.07) is 0. The number of hydrogen-bond acceptors (Lipinski definition) is 5. The zero-order valence-corrected chi connectivity index (χ0v) is 12.1. The Labute approximate surface area is 114 Å². The number of hydrogen-bond donors (Lipinski definition) is 1. The topological polar surface area (TPSA) is 65.4 Å². The number of aryl methyl sites for hydroxylation is 1. The summed E-state index contributed by atoms with van der Waals surface area (Å²) in [7, 11) is 3.51. The van der Waals surface area contributed by atoms with Gasteiger partial charge in [-0.2, -0.15) is 5.10 Å². The van der Waals surface area contributed by atoms with Crippen molar-refractivity contribution < 1.29 is 14.3 Å². The molecule has 0 aliphatic carbocycles. The van der Waals surface area contributed by atoms with Gasteiger partial charge < -0.3 is 14.8 Å². The van der Waals surface area contributed by atoms with Gasteiger partial charge in [0.25, 0.3) is 0 Å². The number of rotatable bonds is 8. The highest BCUT2D eigenvalue weighted by Gasteiger charge is 2.16. The first-order valence-corrected chi connectivity index (χ1v) is 6.47. The van der Waals surface area contributed by atoms with Crippen molar-refractivity contribution in [3.05, 3.63) is 17.5 Å². The molecule has 0 saturated heterocycles. The molecule has 1 heterocycles. The van der Waals surface area contributed by atoms with Crippen molar-refractivity contribution in [2.45, 2.75) is 20.4 Å². The third kappa shape index (κ3) is 4.65. The van der Waals surface area contributed by atoms with Crippen LogP contribution in [0.1, 0.15) is 29.9 Å². The van der Waals surface area contributed by atoms with Crippen molar-refractivity contribution >= 4 is 5.97 Å². The van der Waals surface area contributed by atoms with Crippen LogP contribution >= 0.6 is 0 Å². The molecule has 1 aromatic rings. The van der Waals surface area contributed by atoms with Crippen LogP contribution in [0.15, 0.2) is 6.20 Å². The van der Waals surface area contributed by atoms with Gasteiger partial charge in [0.05, 0.1) is 18.5 Å². The second-order valence-corrected chi connectivity index (χ2v) is 4.54. The summed E-state index contributed by atoms with van der Waals surface area (Å²) in [6.45, 7) is 6.37. The molecule has 1 N–H and O–H groups in total. The monoisotopic (exact) mass is 269 g/mol. The van der Waals surface area contributed by atoms with Crippen LogP contribution in [0.5, 0.6) is 0 Å². The maximum Gasteiger partial charge on any atom is 0.341 e. The quantitative estimate of drug-likeness (QED) is 0.712. The van der Waals surface area contributed by atoms with Crippen LogP contribution in [0.25, 0.3) is 0 Å². The smallest absolute Gasteiger partial charge is 0.341 e. The van der Waals surface area contributed by atoms with Crippen molar-refractivity contribution in [3.63, 3.8) is 0 Å². The van der Waals surface area contributed by atoms with Crippen LogP contribution in [-0.4, -0.2) is 42.6 Å². The van der Waals surface area contributed by atoms with Crippen LogP contribution in [0, 0.1) is 5.92 Å². The molecule has 0 fully saturated rings. The lowest BCUT2D eigenvalue weighted by atomic mass is 10.2. The van der Waals surface area contributed by atoms with Gasteiger partial charge in [0, 0.05) is 33.9 Å². The van der Waals surface area contributed by atoms with Crippen molar-refractivity contribution in [1.82, 2.24) is 15.1 Å². The van der Waals surface area contributed by atoms with E-state index in [4.69, 9.17) is 9.47 Å². The zero-order valence-electron chi connectivity index (χ0n) is 12.1. The molecule has 6 nitrogen and oxygen atoms in total. The Kier molecular flexibility index (Phi) is 6.52. The summed E-state index contributed by atoms with van der Waals surface area (Å²) in [6.07, 6.45) is 1.55.